The maximum atomic E-state index is 5.90. The van der Waals surface area contributed by atoms with E-state index in [0.29, 0.717) is 0 Å². The molecule has 1 saturated heterocycles. The average molecular weight is 283 g/mol. The lowest BCUT2D eigenvalue weighted by atomic mass is 10.1. The van der Waals surface area contributed by atoms with Crippen LogP contribution >= 0.6 is 15.9 Å². The van der Waals surface area contributed by atoms with Crippen molar-refractivity contribution in [1.29, 1.82) is 0 Å². The number of halogens is 1. The van der Waals surface area contributed by atoms with Gasteiger partial charge in [-0.15, -0.1) is 0 Å². The number of nitrogens with zero attached hydrogens (tertiary/aromatic N) is 1. The third-order valence-electron chi connectivity index (χ3n) is 3.28. The number of hydrogen-bond acceptors (Lipinski definition) is 2. The van der Waals surface area contributed by atoms with Gasteiger partial charge in [0.25, 0.3) is 0 Å². The van der Waals surface area contributed by atoms with Crippen LogP contribution in [0.4, 0.5) is 11.4 Å². The van der Waals surface area contributed by atoms with Crippen LogP contribution in [0, 0.1) is 6.92 Å². The largest absolute Gasteiger partial charge is 0.398 e. The van der Waals surface area contributed by atoms with Crippen molar-refractivity contribution in [2.45, 2.75) is 32.6 Å². The highest BCUT2D eigenvalue weighted by Gasteiger charge is 2.13. The molecular weight excluding hydrogens is 264 g/mol. The second-order valence-corrected chi connectivity index (χ2v) is 5.42. The highest BCUT2D eigenvalue weighted by molar-refractivity contribution is 9.10. The quantitative estimate of drug-likeness (QED) is 0.796. The summed E-state index contributed by atoms with van der Waals surface area (Å²) in [5.74, 6) is 0. The lowest BCUT2D eigenvalue weighted by Gasteiger charge is -2.24. The molecule has 1 heterocycles. The molecule has 2 N–H and O–H groups in total. The summed E-state index contributed by atoms with van der Waals surface area (Å²) < 4.78 is 1.12. The van der Waals surface area contributed by atoms with Crippen LogP contribution in [0.2, 0.25) is 0 Å². The van der Waals surface area contributed by atoms with Crippen molar-refractivity contribution < 1.29 is 0 Å². The van der Waals surface area contributed by atoms with Crippen molar-refractivity contribution in [3.8, 4) is 0 Å². The standard InChI is InChI=1S/C13H19BrN2/c1-10-8-13(11(14)9-12(10)15)16-6-4-2-3-5-7-16/h8-9H,2-7,15H2,1H3. The maximum Gasteiger partial charge on any atom is 0.0514 e. The fraction of sp³-hybridized carbons (Fsp3) is 0.538. The molecule has 0 unspecified atom stereocenters. The van der Waals surface area contributed by atoms with Crippen molar-refractivity contribution in [3.63, 3.8) is 0 Å². The molecule has 2 nitrogen and oxygen atoms in total. The summed E-state index contributed by atoms with van der Waals surface area (Å²) >= 11 is 3.62. The monoisotopic (exact) mass is 282 g/mol. The maximum absolute atomic E-state index is 5.90. The van der Waals surface area contributed by atoms with Crippen LogP contribution < -0.4 is 10.6 Å². The Kier molecular flexibility index (Phi) is 3.74. The van der Waals surface area contributed by atoms with E-state index in [4.69, 9.17) is 5.73 Å². The van der Waals surface area contributed by atoms with Gasteiger partial charge in [-0.2, -0.15) is 0 Å². The Morgan fingerprint density at radius 1 is 1.12 bits per heavy atom. The molecule has 1 aliphatic rings. The first-order valence-electron chi connectivity index (χ1n) is 5.99. The molecule has 1 aliphatic heterocycles. The van der Waals surface area contributed by atoms with Gasteiger partial charge in [0.1, 0.15) is 0 Å². The van der Waals surface area contributed by atoms with Crippen LogP contribution in [0.1, 0.15) is 31.2 Å². The molecule has 1 aromatic rings. The Hall–Kier alpha value is -0.700. The smallest absolute Gasteiger partial charge is 0.0514 e. The highest BCUT2D eigenvalue weighted by atomic mass is 79.9. The van der Waals surface area contributed by atoms with E-state index in [1.165, 1.54) is 50.0 Å². The summed E-state index contributed by atoms with van der Waals surface area (Å²) in [5, 5.41) is 0. The number of anilines is 2. The van der Waals surface area contributed by atoms with E-state index in [1.807, 2.05) is 6.07 Å². The zero-order chi connectivity index (χ0) is 11.5. The molecular formula is C13H19BrN2. The van der Waals surface area contributed by atoms with Crippen molar-refractivity contribution in [1.82, 2.24) is 0 Å². The van der Waals surface area contributed by atoms with Gasteiger partial charge >= 0.3 is 0 Å². The first-order valence-corrected chi connectivity index (χ1v) is 6.78. The Bertz CT molecular complexity index is 368. The lowest BCUT2D eigenvalue weighted by molar-refractivity contribution is 0.726. The first-order chi connectivity index (χ1) is 7.68. The zero-order valence-corrected chi connectivity index (χ0v) is 11.4. The fourth-order valence-electron chi connectivity index (χ4n) is 2.24. The van der Waals surface area contributed by atoms with Gasteiger partial charge in [-0.25, -0.2) is 0 Å². The number of hydrogen-bond donors (Lipinski definition) is 1. The van der Waals surface area contributed by atoms with Gasteiger partial charge < -0.3 is 10.6 Å². The summed E-state index contributed by atoms with van der Waals surface area (Å²) in [6, 6.07) is 4.22. The van der Waals surface area contributed by atoms with Crippen molar-refractivity contribution in [2.24, 2.45) is 0 Å². The lowest BCUT2D eigenvalue weighted by Crippen LogP contribution is -2.24. The van der Waals surface area contributed by atoms with Crippen LogP contribution in [0.25, 0.3) is 0 Å². The van der Waals surface area contributed by atoms with Gasteiger partial charge in [-0.1, -0.05) is 12.8 Å². The highest BCUT2D eigenvalue weighted by Crippen LogP contribution is 2.32. The predicted molar refractivity (Wildman–Crippen MR) is 74.0 cm³/mol. The summed E-state index contributed by atoms with van der Waals surface area (Å²) in [7, 11) is 0. The second-order valence-electron chi connectivity index (χ2n) is 4.56. The number of nitrogens with two attached hydrogens (primary N) is 1. The minimum absolute atomic E-state index is 0.866. The third kappa shape index (κ3) is 2.51. The van der Waals surface area contributed by atoms with E-state index in [2.05, 4.69) is 33.8 Å². The molecule has 0 radical (unpaired) electrons. The Labute approximate surface area is 106 Å². The number of benzene rings is 1. The normalized spacial score (nSPS) is 17.2. The van der Waals surface area contributed by atoms with Crippen molar-refractivity contribution in [3.05, 3.63) is 22.2 Å². The molecule has 3 heteroatoms. The zero-order valence-electron chi connectivity index (χ0n) is 9.80. The molecule has 0 saturated carbocycles. The molecule has 0 atom stereocenters. The predicted octanol–water partition coefficient (Wildman–Crippen LogP) is 3.72. The fourth-order valence-corrected chi connectivity index (χ4v) is 2.85. The van der Waals surface area contributed by atoms with Gasteiger partial charge in [-0.05, 0) is 53.4 Å². The van der Waals surface area contributed by atoms with Gasteiger partial charge in [0, 0.05) is 23.2 Å². The number of aryl methyl sites for hydroxylation is 1. The van der Waals surface area contributed by atoms with Crippen LogP contribution in [0.3, 0.4) is 0 Å². The summed E-state index contributed by atoms with van der Waals surface area (Å²) in [6.45, 7) is 4.41. The first kappa shape index (κ1) is 11.8. The van der Waals surface area contributed by atoms with E-state index < -0.39 is 0 Å². The molecule has 1 aromatic carbocycles. The Morgan fingerprint density at radius 2 is 1.75 bits per heavy atom. The molecule has 0 spiro atoms. The van der Waals surface area contributed by atoms with Crippen molar-refractivity contribution in [2.75, 3.05) is 23.7 Å². The van der Waals surface area contributed by atoms with E-state index in [1.54, 1.807) is 0 Å². The van der Waals surface area contributed by atoms with Gasteiger partial charge in [0.2, 0.25) is 0 Å². The third-order valence-corrected chi connectivity index (χ3v) is 3.92. The Balaban J connectivity index is 2.27. The second kappa shape index (κ2) is 5.09. The van der Waals surface area contributed by atoms with E-state index in [9.17, 15) is 0 Å². The molecule has 88 valence electrons. The van der Waals surface area contributed by atoms with Crippen molar-refractivity contribution >= 4 is 27.3 Å². The topological polar surface area (TPSA) is 29.3 Å². The van der Waals surface area contributed by atoms with Crippen LogP contribution in [0.15, 0.2) is 16.6 Å². The van der Waals surface area contributed by atoms with E-state index in [0.717, 1.165) is 10.2 Å². The summed E-state index contributed by atoms with van der Waals surface area (Å²) in [4.78, 5) is 2.48. The molecule has 1 fully saturated rings. The number of rotatable bonds is 1. The summed E-state index contributed by atoms with van der Waals surface area (Å²) in [6.07, 6.45) is 5.33. The molecule has 0 amide bonds. The van der Waals surface area contributed by atoms with E-state index >= 15 is 0 Å². The minimum Gasteiger partial charge on any atom is -0.398 e. The van der Waals surface area contributed by atoms with E-state index in [-0.39, 0.29) is 0 Å². The summed E-state index contributed by atoms with van der Waals surface area (Å²) in [5.41, 5.74) is 9.24. The molecule has 0 bridgehead atoms. The van der Waals surface area contributed by atoms with Crippen LogP contribution in [0.5, 0.6) is 0 Å². The number of nitrogen functional groups attached to an aromatic ring is 1. The molecule has 2 rings (SSSR count). The van der Waals surface area contributed by atoms with Gasteiger partial charge in [-0.3, -0.25) is 0 Å². The van der Waals surface area contributed by atoms with Crippen LogP contribution in [-0.2, 0) is 0 Å². The van der Waals surface area contributed by atoms with Crippen LogP contribution in [-0.4, -0.2) is 13.1 Å². The molecule has 16 heavy (non-hydrogen) atoms. The molecule has 0 aromatic heterocycles. The minimum atomic E-state index is 0.866. The average Bonchev–Trinajstić information content (AvgIpc) is 2.52. The van der Waals surface area contributed by atoms with Gasteiger partial charge in [0.05, 0.1) is 5.69 Å². The SMILES string of the molecule is Cc1cc(N2CCCCCC2)c(Br)cc1N. The molecule has 0 aliphatic carbocycles. The van der Waals surface area contributed by atoms with Gasteiger partial charge in [0.15, 0.2) is 0 Å². The Morgan fingerprint density at radius 3 is 2.38 bits per heavy atom.